The van der Waals surface area contributed by atoms with Crippen LogP contribution in [0.15, 0.2) is 30.7 Å². The van der Waals surface area contributed by atoms with Crippen LogP contribution in [0.25, 0.3) is 21.9 Å². The minimum atomic E-state index is -0.547. The molecule has 2 aromatic heterocycles. The van der Waals surface area contributed by atoms with Gasteiger partial charge in [0.2, 0.25) is 0 Å². The summed E-state index contributed by atoms with van der Waals surface area (Å²) in [4.78, 5) is 20.5. The highest BCUT2D eigenvalue weighted by molar-refractivity contribution is 5.99. The number of hydrogen-bond acceptors (Lipinski definition) is 5. The van der Waals surface area contributed by atoms with Gasteiger partial charge in [-0.05, 0) is 42.8 Å². The van der Waals surface area contributed by atoms with Gasteiger partial charge in [-0.2, -0.15) is 0 Å². The topological polar surface area (TPSA) is 119 Å². The van der Waals surface area contributed by atoms with Gasteiger partial charge in [0, 0.05) is 34.9 Å². The van der Waals surface area contributed by atoms with Crippen LogP contribution in [-0.2, 0) is 0 Å². The Balaban J connectivity index is 1.69. The highest BCUT2D eigenvalue weighted by atomic mass is 19.1. The summed E-state index contributed by atoms with van der Waals surface area (Å²) >= 11 is 0. The Hall–Kier alpha value is -3.42. The summed E-state index contributed by atoms with van der Waals surface area (Å²) in [6, 6.07) is 3.25. The molecule has 3 aromatic rings. The fourth-order valence-corrected chi connectivity index (χ4v) is 3.78. The lowest BCUT2D eigenvalue weighted by atomic mass is 9.97. The van der Waals surface area contributed by atoms with Gasteiger partial charge in [-0.15, -0.1) is 0 Å². The SMILES string of the molecule is Cc1c(N)cncc1-c1cc2cc(NC(=O)NC3CCCC3)ncc2c(N)c1F. The molecule has 29 heavy (non-hydrogen) atoms. The molecule has 0 atom stereocenters. The number of fused-ring (bicyclic) bond motifs is 1. The molecule has 8 heteroatoms. The summed E-state index contributed by atoms with van der Waals surface area (Å²) in [5, 5.41) is 6.83. The van der Waals surface area contributed by atoms with E-state index in [4.69, 9.17) is 11.5 Å². The first-order valence-corrected chi connectivity index (χ1v) is 9.59. The molecule has 2 amide bonds. The number of hydrogen-bond donors (Lipinski definition) is 4. The van der Waals surface area contributed by atoms with Crippen LogP contribution in [0.1, 0.15) is 31.2 Å². The van der Waals surface area contributed by atoms with Crippen LogP contribution < -0.4 is 22.1 Å². The minimum absolute atomic E-state index is 0.00576. The molecule has 0 spiro atoms. The number of benzene rings is 1. The summed E-state index contributed by atoms with van der Waals surface area (Å²) in [6.45, 7) is 1.80. The van der Waals surface area contributed by atoms with E-state index in [9.17, 15) is 9.18 Å². The van der Waals surface area contributed by atoms with Crippen LogP contribution in [-0.4, -0.2) is 22.0 Å². The number of nitrogens with zero attached hydrogens (tertiary/aromatic N) is 2. The standard InChI is InChI=1S/C21H23FN6O/c1-11-15(8-25-10-17(11)23)14-6-12-7-18(26-9-16(12)20(24)19(14)22)28-21(29)27-13-4-2-3-5-13/h6-10,13H,2-5,23-24H2,1H3,(H2,26,27,28,29). The number of nitrogen functional groups attached to an aromatic ring is 2. The van der Waals surface area contributed by atoms with Crippen LogP contribution in [0.3, 0.4) is 0 Å². The fraction of sp³-hybridized carbons (Fsp3) is 0.286. The summed E-state index contributed by atoms with van der Waals surface area (Å²) in [5.74, 6) is -0.179. The van der Waals surface area contributed by atoms with E-state index in [1.54, 1.807) is 25.3 Å². The van der Waals surface area contributed by atoms with E-state index in [2.05, 4.69) is 20.6 Å². The second-order valence-electron chi connectivity index (χ2n) is 7.42. The Morgan fingerprint density at radius 2 is 1.90 bits per heavy atom. The third-order valence-electron chi connectivity index (χ3n) is 5.48. The highest BCUT2D eigenvalue weighted by Crippen LogP contribution is 2.36. The van der Waals surface area contributed by atoms with Crippen LogP contribution in [0.4, 0.5) is 26.4 Å². The number of carbonyl (C=O) groups excluding carboxylic acids is 1. The Labute approximate surface area is 167 Å². The van der Waals surface area contributed by atoms with E-state index in [0.717, 1.165) is 31.2 Å². The zero-order valence-electron chi connectivity index (χ0n) is 16.1. The van der Waals surface area contributed by atoms with Crippen molar-refractivity contribution < 1.29 is 9.18 Å². The zero-order valence-corrected chi connectivity index (χ0v) is 16.1. The zero-order chi connectivity index (χ0) is 20.5. The number of amides is 2. The third-order valence-corrected chi connectivity index (χ3v) is 5.48. The quantitative estimate of drug-likeness (QED) is 0.501. The van der Waals surface area contributed by atoms with Crippen LogP contribution in [0, 0.1) is 12.7 Å². The Kier molecular flexibility index (Phi) is 4.92. The van der Waals surface area contributed by atoms with E-state index >= 15 is 0 Å². The summed E-state index contributed by atoms with van der Waals surface area (Å²) in [5.41, 5.74) is 14.0. The van der Waals surface area contributed by atoms with Crippen LogP contribution in [0.5, 0.6) is 0 Å². The molecule has 1 fully saturated rings. The molecule has 1 aliphatic rings. The van der Waals surface area contributed by atoms with Crippen molar-refractivity contribution in [1.82, 2.24) is 15.3 Å². The molecule has 2 heterocycles. The number of nitrogens with one attached hydrogen (secondary N) is 2. The molecule has 0 saturated heterocycles. The van der Waals surface area contributed by atoms with E-state index in [0.29, 0.717) is 33.4 Å². The Bertz CT molecular complexity index is 1090. The van der Waals surface area contributed by atoms with Crippen molar-refractivity contribution in [3.05, 3.63) is 42.1 Å². The van der Waals surface area contributed by atoms with E-state index < -0.39 is 5.82 Å². The van der Waals surface area contributed by atoms with Gasteiger partial charge in [0.25, 0.3) is 0 Å². The molecule has 0 radical (unpaired) electrons. The third kappa shape index (κ3) is 3.65. The maximum absolute atomic E-state index is 15.0. The summed E-state index contributed by atoms with van der Waals surface area (Å²) in [7, 11) is 0. The molecule has 4 rings (SSSR count). The average molecular weight is 394 g/mol. The molecule has 150 valence electrons. The van der Waals surface area contributed by atoms with Crippen molar-refractivity contribution in [3.63, 3.8) is 0 Å². The van der Waals surface area contributed by atoms with Gasteiger partial charge in [-0.3, -0.25) is 10.3 Å². The lowest BCUT2D eigenvalue weighted by Crippen LogP contribution is -2.36. The molecule has 0 unspecified atom stereocenters. The molecule has 1 aliphatic carbocycles. The molecule has 0 aliphatic heterocycles. The fourth-order valence-electron chi connectivity index (χ4n) is 3.78. The predicted molar refractivity (Wildman–Crippen MR) is 113 cm³/mol. The first-order chi connectivity index (χ1) is 13.9. The normalized spacial score (nSPS) is 14.3. The van der Waals surface area contributed by atoms with Crippen LogP contribution in [0.2, 0.25) is 0 Å². The molecule has 1 aromatic carbocycles. The second-order valence-corrected chi connectivity index (χ2v) is 7.42. The Morgan fingerprint density at radius 3 is 2.66 bits per heavy atom. The smallest absolute Gasteiger partial charge is 0.320 e. The maximum Gasteiger partial charge on any atom is 0.320 e. The number of halogens is 1. The van der Waals surface area contributed by atoms with Gasteiger partial charge in [-0.1, -0.05) is 12.8 Å². The number of rotatable bonds is 3. The van der Waals surface area contributed by atoms with Crippen molar-refractivity contribution >= 4 is 34.0 Å². The number of urea groups is 1. The lowest BCUT2D eigenvalue weighted by Gasteiger charge is -2.14. The van der Waals surface area contributed by atoms with Crippen molar-refractivity contribution in [2.75, 3.05) is 16.8 Å². The lowest BCUT2D eigenvalue weighted by molar-refractivity contribution is 0.248. The number of nitrogens with two attached hydrogens (primary N) is 2. The first-order valence-electron chi connectivity index (χ1n) is 9.59. The van der Waals surface area contributed by atoms with Crippen molar-refractivity contribution in [1.29, 1.82) is 0 Å². The molecular formula is C21H23FN6O. The number of anilines is 3. The van der Waals surface area contributed by atoms with Gasteiger partial charge in [0.05, 0.1) is 17.6 Å². The van der Waals surface area contributed by atoms with Gasteiger partial charge in [0.1, 0.15) is 5.82 Å². The van der Waals surface area contributed by atoms with Gasteiger partial charge in [-0.25, -0.2) is 14.2 Å². The number of aromatic nitrogens is 2. The monoisotopic (exact) mass is 394 g/mol. The average Bonchev–Trinajstić information content (AvgIpc) is 3.20. The van der Waals surface area contributed by atoms with Crippen LogP contribution >= 0.6 is 0 Å². The van der Waals surface area contributed by atoms with Crippen molar-refractivity contribution in [3.8, 4) is 11.1 Å². The molecular weight excluding hydrogens is 371 g/mol. The van der Waals surface area contributed by atoms with Gasteiger partial charge < -0.3 is 16.8 Å². The summed E-state index contributed by atoms with van der Waals surface area (Å²) in [6.07, 6.45) is 8.79. The van der Waals surface area contributed by atoms with Gasteiger partial charge in [0.15, 0.2) is 5.82 Å². The van der Waals surface area contributed by atoms with Crippen molar-refractivity contribution in [2.24, 2.45) is 0 Å². The number of pyridine rings is 2. The van der Waals surface area contributed by atoms with Crippen molar-refractivity contribution in [2.45, 2.75) is 38.6 Å². The largest absolute Gasteiger partial charge is 0.397 e. The maximum atomic E-state index is 15.0. The van der Waals surface area contributed by atoms with E-state index in [1.807, 2.05) is 0 Å². The summed E-state index contributed by atoms with van der Waals surface area (Å²) < 4.78 is 15.0. The molecule has 6 N–H and O–H groups in total. The minimum Gasteiger partial charge on any atom is -0.397 e. The Morgan fingerprint density at radius 1 is 1.14 bits per heavy atom. The second kappa shape index (κ2) is 7.54. The first kappa shape index (κ1) is 18.9. The molecule has 7 nitrogen and oxygen atoms in total. The molecule has 0 bridgehead atoms. The van der Waals surface area contributed by atoms with E-state index in [-0.39, 0.29) is 17.8 Å². The predicted octanol–water partition coefficient (Wildman–Crippen LogP) is 3.97. The molecule has 1 saturated carbocycles. The van der Waals surface area contributed by atoms with E-state index in [1.165, 1.54) is 12.4 Å². The number of carbonyl (C=O) groups is 1. The highest BCUT2D eigenvalue weighted by Gasteiger charge is 2.19. The van der Waals surface area contributed by atoms with Gasteiger partial charge >= 0.3 is 6.03 Å².